The fourth-order valence-corrected chi connectivity index (χ4v) is 8.93. The molecular formula is C61H37N7. The number of nitrogens with zero attached hydrogens (tertiary/aromatic N) is 7. The predicted octanol–water partition coefficient (Wildman–Crippen LogP) is 15.7. The minimum absolute atomic E-state index is 0.488. The van der Waals surface area contributed by atoms with E-state index < -0.39 is 0 Å². The van der Waals surface area contributed by atoms with E-state index >= 15 is 0 Å². The smallest absolute Gasteiger partial charge is 0.195 e. The topological polar surface area (TPSA) is 85.9 Å². The maximum atomic E-state index is 9.38. The second kappa shape index (κ2) is 17.6. The van der Waals surface area contributed by atoms with Crippen LogP contribution in [0.2, 0.25) is 0 Å². The Hall–Kier alpha value is -9.87. The third kappa shape index (κ3) is 7.67. The van der Waals surface area contributed by atoms with E-state index in [1.807, 2.05) is 60.7 Å². The molecule has 0 atom stereocenters. The van der Waals surface area contributed by atoms with E-state index in [1.165, 1.54) is 10.8 Å². The first-order valence-electron chi connectivity index (χ1n) is 22.1. The molecule has 7 heteroatoms. The highest BCUT2D eigenvalue weighted by molar-refractivity contribution is 6.10. The van der Waals surface area contributed by atoms with Gasteiger partial charge in [-0.2, -0.15) is 10.5 Å². The zero-order valence-electron chi connectivity index (χ0n) is 36.5. The van der Waals surface area contributed by atoms with Crippen molar-refractivity contribution in [1.82, 2.24) is 14.5 Å². The fraction of sp³-hybridized carbons (Fsp3) is 0. The number of benzene rings is 9. The quantitative estimate of drug-likeness (QED) is 0.135. The molecule has 2 aromatic heterocycles. The molecule has 0 N–H and O–H groups in total. The molecule has 0 radical (unpaired) electrons. The molecule has 0 aliphatic rings. The summed E-state index contributed by atoms with van der Waals surface area (Å²) in [6.07, 6.45) is 0. The highest BCUT2D eigenvalue weighted by Crippen LogP contribution is 2.41. The number of rotatable bonds is 9. The molecule has 316 valence electrons. The van der Waals surface area contributed by atoms with Gasteiger partial charge in [0.25, 0.3) is 0 Å². The van der Waals surface area contributed by atoms with Crippen molar-refractivity contribution in [3.63, 3.8) is 0 Å². The van der Waals surface area contributed by atoms with Gasteiger partial charge < -0.3 is 9.47 Å². The van der Waals surface area contributed by atoms with Crippen LogP contribution in [0.5, 0.6) is 0 Å². The second-order valence-corrected chi connectivity index (χ2v) is 16.4. The summed E-state index contributed by atoms with van der Waals surface area (Å²) in [5, 5.41) is 21.1. The number of hydrogen-bond acceptors (Lipinski definition) is 5. The van der Waals surface area contributed by atoms with Gasteiger partial charge in [0.05, 0.1) is 52.3 Å². The molecule has 0 aliphatic heterocycles. The molecule has 0 saturated heterocycles. The standard InChI is InChI=1S/C61H37N7/c1-64-58-36-48(57-38-56(46-20-16-41(39-62)17-21-46)65-61(66-57)47-22-18-42(40-63)19-23-47)30-34-53(58)45-26-24-43(25-27-45)44-28-31-51(32-29-44)68-59-15-9-8-14-54(59)55-37-52(33-35-60(55)68)67(49-10-4-2-5-11-49)50-12-6-3-7-13-50/h2-38H. The summed E-state index contributed by atoms with van der Waals surface area (Å²) in [6.45, 7) is 8.22. The van der Waals surface area contributed by atoms with Gasteiger partial charge in [0.15, 0.2) is 11.5 Å². The monoisotopic (exact) mass is 867 g/mol. The van der Waals surface area contributed by atoms with Crippen LogP contribution in [-0.2, 0) is 0 Å². The van der Waals surface area contributed by atoms with Gasteiger partial charge in [-0.25, -0.2) is 14.8 Å². The summed E-state index contributed by atoms with van der Waals surface area (Å²) < 4.78 is 2.34. The Balaban J connectivity index is 0.892. The van der Waals surface area contributed by atoms with Crippen molar-refractivity contribution in [2.24, 2.45) is 0 Å². The van der Waals surface area contributed by atoms with E-state index in [9.17, 15) is 10.5 Å². The summed E-state index contributed by atoms with van der Waals surface area (Å²) in [7, 11) is 0. The Bertz CT molecular complexity index is 3670. The van der Waals surface area contributed by atoms with E-state index in [0.717, 1.165) is 72.7 Å². The number of anilines is 3. The molecule has 7 nitrogen and oxygen atoms in total. The van der Waals surface area contributed by atoms with Crippen molar-refractivity contribution in [1.29, 1.82) is 10.5 Å². The molecule has 0 spiro atoms. The lowest BCUT2D eigenvalue weighted by Gasteiger charge is -2.25. The van der Waals surface area contributed by atoms with Gasteiger partial charge >= 0.3 is 0 Å². The van der Waals surface area contributed by atoms with Crippen LogP contribution in [0.3, 0.4) is 0 Å². The SMILES string of the molecule is [C-]#[N+]c1cc(-c2cc(-c3ccc(C#N)cc3)nc(-c3ccc(C#N)cc3)n2)ccc1-c1ccc(-c2ccc(-n3c4ccccc4c4cc(N(c5ccccc5)c5ccccc5)ccc43)cc2)cc1. The molecule has 0 unspecified atom stereocenters. The second-order valence-electron chi connectivity index (χ2n) is 16.4. The maximum absolute atomic E-state index is 9.38. The zero-order valence-corrected chi connectivity index (χ0v) is 36.5. The molecule has 9 aromatic carbocycles. The Morgan fingerprint density at radius 1 is 0.426 bits per heavy atom. The summed E-state index contributed by atoms with van der Waals surface area (Å²) in [6, 6.07) is 79.9. The molecule has 0 aliphatic carbocycles. The first kappa shape index (κ1) is 40.9. The third-order valence-electron chi connectivity index (χ3n) is 12.3. The average molecular weight is 868 g/mol. The molecule has 0 bridgehead atoms. The number of nitriles is 2. The van der Waals surface area contributed by atoms with Gasteiger partial charge in [-0.05, 0) is 137 Å². The van der Waals surface area contributed by atoms with Gasteiger partial charge in [0, 0.05) is 44.6 Å². The number of fused-ring (bicyclic) bond motifs is 3. The molecule has 68 heavy (non-hydrogen) atoms. The molecule has 11 aromatic rings. The molecule has 0 fully saturated rings. The van der Waals surface area contributed by atoms with E-state index in [0.29, 0.717) is 34.0 Å². The normalized spacial score (nSPS) is 10.9. The van der Waals surface area contributed by atoms with E-state index in [1.54, 1.807) is 24.3 Å². The minimum Gasteiger partial charge on any atom is -0.310 e. The van der Waals surface area contributed by atoms with Gasteiger partial charge in [-0.1, -0.05) is 115 Å². The van der Waals surface area contributed by atoms with Crippen LogP contribution in [0.4, 0.5) is 22.7 Å². The van der Waals surface area contributed by atoms with Crippen molar-refractivity contribution < 1.29 is 0 Å². The van der Waals surface area contributed by atoms with E-state index in [4.69, 9.17) is 16.5 Å². The fourth-order valence-electron chi connectivity index (χ4n) is 8.93. The Morgan fingerprint density at radius 2 is 0.941 bits per heavy atom. The summed E-state index contributed by atoms with van der Waals surface area (Å²) in [4.78, 5) is 16.1. The summed E-state index contributed by atoms with van der Waals surface area (Å²) in [5.74, 6) is 0.488. The molecule has 0 amide bonds. The molecular weight excluding hydrogens is 831 g/mol. The van der Waals surface area contributed by atoms with Gasteiger partial charge in [-0.15, -0.1) is 0 Å². The van der Waals surface area contributed by atoms with Crippen LogP contribution in [0.1, 0.15) is 11.1 Å². The van der Waals surface area contributed by atoms with Crippen LogP contribution < -0.4 is 4.90 Å². The van der Waals surface area contributed by atoms with E-state index in [2.05, 4.69) is 166 Å². The summed E-state index contributed by atoms with van der Waals surface area (Å²) in [5.41, 5.74) is 15.8. The highest BCUT2D eigenvalue weighted by Gasteiger charge is 2.18. The molecule has 11 rings (SSSR count). The van der Waals surface area contributed by atoms with Crippen LogP contribution in [0.25, 0.3) is 88.5 Å². The Morgan fingerprint density at radius 3 is 1.56 bits per heavy atom. The minimum atomic E-state index is 0.488. The number of para-hydroxylation sites is 3. The number of aromatic nitrogens is 3. The van der Waals surface area contributed by atoms with Crippen LogP contribution in [-0.4, -0.2) is 14.5 Å². The van der Waals surface area contributed by atoms with Crippen LogP contribution in [0, 0.1) is 29.2 Å². The van der Waals surface area contributed by atoms with Crippen molar-refractivity contribution in [3.05, 3.63) is 247 Å². The van der Waals surface area contributed by atoms with E-state index in [-0.39, 0.29) is 0 Å². The summed E-state index contributed by atoms with van der Waals surface area (Å²) >= 11 is 0. The van der Waals surface area contributed by atoms with Crippen molar-refractivity contribution in [2.75, 3.05) is 4.90 Å². The highest BCUT2D eigenvalue weighted by atomic mass is 15.1. The lowest BCUT2D eigenvalue weighted by atomic mass is 9.97. The van der Waals surface area contributed by atoms with Crippen molar-refractivity contribution >= 4 is 44.6 Å². The average Bonchev–Trinajstić information content (AvgIpc) is 3.75. The Labute approximate surface area is 393 Å². The van der Waals surface area contributed by atoms with Crippen molar-refractivity contribution in [2.45, 2.75) is 0 Å². The largest absolute Gasteiger partial charge is 0.310 e. The lowest BCUT2D eigenvalue weighted by molar-refractivity contribution is 1.18. The Kier molecular flexibility index (Phi) is 10.6. The molecule has 2 heterocycles. The van der Waals surface area contributed by atoms with Gasteiger partial charge in [-0.3, -0.25) is 0 Å². The van der Waals surface area contributed by atoms with Gasteiger partial charge in [0.2, 0.25) is 0 Å². The maximum Gasteiger partial charge on any atom is 0.195 e. The predicted molar refractivity (Wildman–Crippen MR) is 274 cm³/mol. The van der Waals surface area contributed by atoms with Crippen LogP contribution >= 0.6 is 0 Å². The molecule has 0 saturated carbocycles. The number of hydrogen-bond donors (Lipinski definition) is 0. The lowest BCUT2D eigenvalue weighted by Crippen LogP contribution is -2.09. The first-order chi connectivity index (χ1) is 33.5. The van der Waals surface area contributed by atoms with Crippen LogP contribution in [0.15, 0.2) is 224 Å². The first-order valence-corrected chi connectivity index (χ1v) is 22.1. The zero-order chi connectivity index (χ0) is 46.0. The third-order valence-corrected chi connectivity index (χ3v) is 12.3. The van der Waals surface area contributed by atoms with Gasteiger partial charge in [0.1, 0.15) is 0 Å². The van der Waals surface area contributed by atoms with Crippen molar-refractivity contribution in [3.8, 4) is 74.0 Å².